The average Bonchev–Trinajstić information content (AvgIpc) is 2.18. The van der Waals surface area contributed by atoms with E-state index in [2.05, 4.69) is 12.2 Å². The summed E-state index contributed by atoms with van der Waals surface area (Å²) in [5.41, 5.74) is 0. The maximum absolute atomic E-state index is 11.2. The van der Waals surface area contributed by atoms with Crippen molar-refractivity contribution in [3.05, 3.63) is 12.2 Å². The van der Waals surface area contributed by atoms with E-state index in [1.54, 1.807) is 12.2 Å². The summed E-state index contributed by atoms with van der Waals surface area (Å²) in [5, 5.41) is 2.92. The molecule has 2 heteroatoms. The predicted molar refractivity (Wildman–Crippen MR) is 63.6 cm³/mol. The number of carbonyl (C=O) groups excluding carboxylic acids is 1. The second kappa shape index (κ2) is 6.65. The Morgan fingerprint density at radius 3 is 2.93 bits per heavy atom. The molecule has 15 heavy (non-hydrogen) atoms. The van der Waals surface area contributed by atoms with E-state index in [0.717, 1.165) is 24.8 Å². The Bertz CT molecular complexity index is 223. The molecular weight excluding hydrogens is 186 g/mol. The van der Waals surface area contributed by atoms with E-state index in [9.17, 15) is 4.79 Å². The van der Waals surface area contributed by atoms with Crippen molar-refractivity contribution in [2.75, 3.05) is 6.54 Å². The normalized spacial score (nSPS) is 26.8. The zero-order valence-corrected chi connectivity index (χ0v) is 9.96. The van der Waals surface area contributed by atoms with Crippen molar-refractivity contribution in [1.82, 2.24) is 5.32 Å². The lowest BCUT2D eigenvalue weighted by Crippen LogP contribution is -2.25. The van der Waals surface area contributed by atoms with Crippen molar-refractivity contribution in [2.24, 2.45) is 11.8 Å². The number of carbonyl (C=O) groups is 1. The van der Waals surface area contributed by atoms with Crippen molar-refractivity contribution in [1.29, 1.82) is 0 Å². The third-order valence-corrected chi connectivity index (χ3v) is 3.21. The summed E-state index contributed by atoms with van der Waals surface area (Å²) in [5.74, 6) is 1.76. The number of hydrogen-bond acceptors (Lipinski definition) is 1. The van der Waals surface area contributed by atoms with E-state index in [0.29, 0.717) is 0 Å². The fraction of sp³-hybridized carbons (Fsp3) is 0.769. The van der Waals surface area contributed by atoms with E-state index in [1.165, 1.54) is 25.7 Å². The van der Waals surface area contributed by atoms with E-state index in [4.69, 9.17) is 0 Å². The van der Waals surface area contributed by atoms with E-state index in [-0.39, 0.29) is 5.91 Å². The van der Waals surface area contributed by atoms with Gasteiger partial charge in [0.25, 0.3) is 0 Å². The summed E-state index contributed by atoms with van der Waals surface area (Å²) in [6.45, 7) is 5.04. The fourth-order valence-corrected chi connectivity index (χ4v) is 2.43. The van der Waals surface area contributed by atoms with Gasteiger partial charge >= 0.3 is 0 Å². The van der Waals surface area contributed by atoms with Gasteiger partial charge in [-0.2, -0.15) is 0 Å². The molecule has 0 aromatic carbocycles. The number of allylic oxidation sites excluding steroid dienone is 1. The molecule has 86 valence electrons. The second-order valence-electron chi connectivity index (χ2n) is 4.72. The Balaban J connectivity index is 2.11. The van der Waals surface area contributed by atoms with Crippen molar-refractivity contribution in [3.8, 4) is 0 Å². The van der Waals surface area contributed by atoms with Crippen molar-refractivity contribution >= 4 is 5.91 Å². The highest BCUT2D eigenvalue weighted by atomic mass is 16.1. The van der Waals surface area contributed by atoms with E-state index < -0.39 is 0 Å². The van der Waals surface area contributed by atoms with Gasteiger partial charge in [-0.25, -0.2) is 0 Å². The van der Waals surface area contributed by atoms with Crippen LogP contribution in [0.5, 0.6) is 0 Å². The first kappa shape index (κ1) is 12.3. The second-order valence-corrected chi connectivity index (χ2v) is 4.72. The maximum atomic E-state index is 11.2. The van der Waals surface area contributed by atoms with Gasteiger partial charge in [-0.15, -0.1) is 0 Å². The number of nitrogens with one attached hydrogen (secondary N) is 1. The Hall–Kier alpha value is -0.790. The lowest BCUT2D eigenvalue weighted by molar-refractivity contribution is -0.116. The van der Waals surface area contributed by atoms with Crippen LogP contribution in [0.2, 0.25) is 0 Å². The van der Waals surface area contributed by atoms with Crippen molar-refractivity contribution < 1.29 is 4.79 Å². The zero-order chi connectivity index (χ0) is 11.1. The molecule has 0 heterocycles. The molecule has 2 unspecified atom stereocenters. The monoisotopic (exact) mass is 209 g/mol. The molecule has 0 radical (unpaired) electrons. The van der Waals surface area contributed by atoms with Crippen LogP contribution in [0.15, 0.2) is 12.2 Å². The molecule has 1 amide bonds. The molecule has 2 nitrogen and oxygen atoms in total. The fourth-order valence-electron chi connectivity index (χ4n) is 2.43. The van der Waals surface area contributed by atoms with Gasteiger partial charge in [-0.3, -0.25) is 4.79 Å². The molecular formula is C13H23NO. The van der Waals surface area contributed by atoms with Crippen LogP contribution in [0.3, 0.4) is 0 Å². The maximum Gasteiger partial charge on any atom is 0.243 e. The number of rotatable bonds is 4. The van der Waals surface area contributed by atoms with Crippen LogP contribution in [0.4, 0.5) is 0 Å². The lowest BCUT2D eigenvalue weighted by atomic mass is 9.81. The Morgan fingerprint density at radius 1 is 1.47 bits per heavy atom. The molecule has 1 saturated carbocycles. The van der Waals surface area contributed by atoms with Gasteiger partial charge < -0.3 is 5.32 Å². The van der Waals surface area contributed by atoms with E-state index in [1.807, 2.05) is 6.92 Å². The standard InChI is InChI=1S/C13H23NO/c1-3-5-13(15)14-9-8-12-7-4-6-11(2)10-12/h3,5,11-12H,4,6-10H2,1-2H3,(H,14,15). The molecule has 2 atom stereocenters. The van der Waals surface area contributed by atoms with Crippen LogP contribution < -0.4 is 5.32 Å². The van der Waals surface area contributed by atoms with Gasteiger partial charge in [0.2, 0.25) is 5.91 Å². The van der Waals surface area contributed by atoms with Crippen LogP contribution in [0.1, 0.15) is 46.0 Å². The van der Waals surface area contributed by atoms with Gasteiger partial charge in [0.15, 0.2) is 0 Å². The van der Waals surface area contributed by atoms with Gasteiger partial charge in [0.1, 0.15) is 0 Å². The topological polar surface area (TPSA) is 29.1 Å². The molecule has 1 N–H and O–H groups in total. The summed E-state index contributed by atoms with van der Waals surface area (Å²) < 4.78 is 0. The summed E-state index contributed by atoms with van der Waals surface area (Å²) in [7, 11) is 0. The van der Waals surface area contributed by atoms with Crippen LogP contribution in [0.25, 0.3) is 0 Å². The molecule has 1 rings (SSSR count). The van der Waals surface area contributed by atoms with Crippen LogP contribution in [0, 0.1) is 11.8 Å². The first-order valence-electron chi connectivity index (χ1n) is 6.13. The minimum atomic E-state index is 0.0429. The molecule has 0 aromatic rings. The summed E-state index contributed by atoms with van der Waals surface area (Å²) in [4.78, 5) is 11.2. The first-order chi connectivity index (χ1) is 7.22. The molecule has 0 saturated heterocycles. The van der Waals surface area contributed by atoms with E-state index >= 15 is 0 Å². The Morgan fingerprint density at radius 2 is 2.27 bits per heavy atom. The van der Waals surface area contributed by atoms with Crippen LogP contribution in [-0.4, -0.2) is 12.5 Å². The lowest BCUT2D eigenvalue weighted by Gasteiger charge is -2.26. The number of hydrogen-bond donors (Lipinski definition) is 1. The SMILES string of the molecule is CC=CC(=O)NCCC1CCCC(C)C1. The highest BCUT2D eigenvalue weighted by molar-refractivity contribution is 5.87. The molecule has 1 aliphatic rings. The minimum absolute atomic E-state index is 0.0429. The third-order valence-electron chi connectivity index (χ3n) is 3.21. The molecule has 1 fully saturated rings. The molecule has 0 aromatic heterocycles. The summed E-state index contributed by atoms with van der Waals surface area (Å²) >= 11 is 0. The smallest absolute Gasteiger partial charge is 0.243 e. The molecule has 0 bridgehead atoms. The van der Waals surface area contributed by atoms with Crippen molar-refractivity contribution in [3.63, 3.8) is 0 Å². The van der Waals surface area contributed by atoms with Crippen LogP contribution in [-0.2, 0) is 4.79 Å². The van der Waals surface area contributed by atoms with Gasteiger partial charge in [-0.05, 0) is 37.7 Å². The summed E-state index contributed by atoms with van der Waals surface area (Å²) in [6, 6.07) is 0. The number of amides is 1. The highest BCUT2D eigenvalue weighted by Gasteiger charge is 2.18. The first-order valence-corrected chi connectivity index (χ1v) is 6.13. The predicted octanol–water partition coefficient (Wildman–Crippen LogP) is 2.90. The quantitative estimate of drug-likeness (QED) is 0.709. The van der Waals surface area contributed by atoms with Gasteiger partial charge in [0, 0.05) is 6.54 Å². The van der Waals surface area contributed by atoms with Gasteiger partial charge in [0.05, 0.1) is 0 Å². The third kappa shape index (κ3) is 5.01. The summed E-state index contributed by atoms with van der Waals surface area (Å²) in [6.07, 6.45) is 9.97. The molecule has 0 spiro atoms. The molecule has 1 aliphatic carbocycles. The van der Waals surface area contributed by atoms with Gasteiger partial charge in [-0.1, -0.05) is 32.3 Å². The van der Waals surface area contributed by atoms with Crippen molar-refractivity contribution in [2.45, 2.75) is 46.0 Å². The molecule has 0 aliphatic heterocycles. The highest BCUT2D eigenvalue weighted by Crippen LogP contribution is 2.30. The minimum Gasteiger partial charge on any atom is -0.353 e. The zero-order valence-electron chi connectivity index (χ0n) is 9.96. The van der Waals surface area contributed by atoms with Crippen LogP contribution >= 0.6 is 0 Å². The largest absolute Gasteiger partial charge is 0.353 e. The Labute approximate surface area is 93.1 Å². The Kier molecular flexibility index (Phi) is 5.44. The average molecular weight is 209 g/mol.